The van der Waals surface area contributed by atoms with Crippen molar-refractivity contribution in [3.63, 3.8) is 0 Å². The van der Waals surface area contributed by atoms with Crippen molar-refractivity contribution < 1.29 is 14.3 Å². The summed E-state index contributed by atoms with van der Waals surface area (Å²) in [6, 6.07) is 14.6. The molecular formula is C21H19N5O3. The second kappa shape index (κ2) is 7.59. The van der Waals surface area contributed by atoms with Gasteiger partial charge >= 0.3 is 0 Å². The summed E-state index contributed by atoms with van der Waals surface area (Å²) in [5.74, 6) is 2.07. The standard InChI is InChI=1S/C21H19N5O3/c1-13(27)23-15-7-9-16(10-8-15)29-21-18-12-22-26(2)20(18)24-19(25-21)14-5-4-6-17(11-14)28-3/h4-12H,1-3H3,(H,23,27). The maximum atomic E-state index is 11.2. The zero-order valence-electron chi connectivity index (χ0n) is 16.2. The molecular weight excluding hydrogens is 370 g/mol. The molecule has 2 aromatic carbocycles. The highest BCUT2D eigenvalue weighted by molar-refractivity contribution is 5.88. The lowest BCUT2D eigenvalue weighted by Gasteiger charge is -2.10. The Morgan fingerprint density at radius 2 is 1.86 bits per heavy atom. The third kappa shape index (κ3) is 3.86. The predicted molar refractivity (Wildman–Crippen MR) is 109 cm³/mol. The number of nitrogens with zero attached hydrogens (tertiary/aromatic N) is 4. The lowest BCUT2D eigenvalue weighted by Crippen LogP contribution is -2.05. The first kappa shape index (κ1) is 18.4. The van der Waals surface area contributed by atoms with Crippen molar-refractivity contribution in [1.29, 1.82) is 0 Å². The van der Waals surface area contributed by atoms with Gasteiger partial charge in [0.15, 0.2) is 11.5 Å². The Bertz CT molecular complexity index is 1180. The van der Waals surface area contributed by atoms with Gasteiger partial charge in [0.2, 0.25) is 11.8 Å². The smallest absolute Gasteiger partial charge is 0.234 e. The second-order valence-electron chi connectivity index (χ2n) is 6.40. The summed E-state index contributed by atoms with van der Waals surface area (Å²) in [5.41, 5.74) is 2.15. The first-order chi connectivity index (χ1) is 14.0. The van der Waals surface area contributed by atoms with E-state index in [0.29, 0.717) is 39.9 Å². The van der Waals surface area contributed by atoms with Crippen molar-refractivity contribution in [3.8, 4) is 28.8 Å². The molecule has 0 fully saturated rings. The Labute approximate surface area is 167 Å². The number of fused-ring (bicyclic) bond motifs is 1. The minimum absolute atomic E-state index is 0.130. The zero-order chi connectivity index (χ0) is 20.4. The van der Waals surface area contributed by atoms with E-state index in [4.69, 9.17) is 9.47 Å². The Hall–Kier alpha value is -3.94. The minimum Gasteiger partial charge on any atom is -0.497 e. The van der Waals surface area contributed by atoms with Crippen LogP contribution in [0.1, 0.15) is 6.92 Å². The van der Waals surface area contributed by atoms with Crippen LogP contribution in [0.25, 0.3) is 22.4 Å². The number of hydrogen-bond donors (Lipinski definition) is 1. The van der Waals surface area contributed by atoms with Gasteiger partial charge in [-0.3, -0.25) is 9.48 Å². The van der Waals surface area contributed by atoms with Crippen molar-refractivity contribution in [2.45, 2.75) is 6.92 Å². The largest absolute Gasteiger partial charge is 0.497 e. The molecule has 0 aliphatic rings. The summed E-state index contributed by atoms with van der Waals surface area (Å²) >= 11 is 0. The van der Waals surface area contributed by atoms with Crippen LogP contribution >= 0.6 is 0 Å². The highest BCUT2D eigenvalue weighted by Gasteiger charge is 2.15. The van der Waals surface area contributed by atoms with Gasteiger partial charge in [-0.2, -0.15) is 10.1 Å². The van der Waals surface area contributed by atoms with Crippen LogP contribution in [0.2, 0.25) is 0 Å². The van der Waals surface area contributed by atoms with E-state index in [1.165, 1.54) is 6.92 Å². The second-order valence-corrected chi connectivity index (χ2v) is 6.40. The summed E-state index contributed by atoms with van der Waals surface area (Å²) in [6.07, 6.45) is 1.67. The molecule has 2 heterocycles. The number of methoxy groups -OCH3 is 1. The normalized spacial score (nSPS) is 10.7. The summed E-state index contributed by atoms with van der Waals surface area (Å²) < 4.78 is 13.0. The first-order valence-electron chi connectivity index (χ1n) is 8.93. The number of aromatic nitrogens is 4. The monoisotopic (exact) mass is 389 g/mol. The minimum atomic E-state index is -0.130. The third-order valence-electron chi connectivity index (χ3n) is 4.27. The maximum absolute atomic E-state index is 11.2. The summed E-state index contributed by atoms with van der Waals surface area (Å²) in [7, 11) is 3.43. The van der Waals surface area contributed by atoms with Gasteiger partial charge in [-0.1, -0.05) is 12.1 Å². The molecule has 0 aliphatic heterocycles. The van der Waals surface area contributed by atoms with Crippen molar-refractivity contribution in [2.24, 2.45) is 7.05 Å². The van der Waals surface area contributed by atoms with Crippen LogP contribution in [0.3, 0.4) is 0 Å². The molecule has 4 aromatic rings. The van der Waals surface area contributed by atoms with Crippen molar-refractivity contribution in [1.82, 2.24) is 19.7 Å². The number of carbonyl (C=O) groups excluding carboxylic acids is 1. The van der Waals surface area contributed by atoms with Crippen LogP contribution in [0.5, 0.6) is 17.4 Å². The molecule has 0 spiro atoms. The van der Waals surface area contributed by atoms with Crippen molar-refractivity contribution in [2.75, 3.05) is 12.4 Å². The topological polar surface area (TPSA) is 91.2 Å². The predicted octanol–water partition coefficient (Wildman–Crippen LogP) is 3.79. The zero-order valence-corrected chi connectivity index (χ0v) is 16.2. The van der Waals surface area contributed by atoms with Gasteiger partial charge in [0.25, 0.3) is 0 Å². The van der Waals surface area contributed by atoms with E-state index in [9.17, 15) is 4.79 Å². The number of nitrogens with one attached hydrogen (secondary N) is 1. The highest BCUT2D eigenvalue weighted by Crippen LogP contribution is 2.31. The number of benzene rings is 2. The van der Waals surface area contributed by atoms with E-state index < -0.39 is 0 Å². The summed E-state index contributed by atoms with van der Waals surface area (Å²) in [4.78, 5) is 20.4. The SMILES string of the molecule is COc1cccc(-c2nc(Oc3ccc(NC(C)=O)cc3)c3cnn(C)c3n2)c1. The molecule has 0 unspecified atom stereocenters. The molecule has 0 aliphatic carbocycles. The van der Waals surface area contributed by atoms with Crippen LogP contribution < -0.4 is 14.8 Å². The van der Waals surface area contributed by atoms with E-state index in [-0.39, 0.29) is 5.91 Å². The third-order valence-corrected chi connectivity index (χ3v) is 4.27. The van der Waals surface area contributed by atoms with Crippen LogP contribution in [-0.4, -0.2) is 32.8 Å². The van der Waals surface area contributed by atoms with Crippen LogP contribution in [0.15, 0.2) is 54.7 Å². The van der Waals surface area contributed by atoms with Gasteiger partial charge in [0, 0.05) is 25.2 Å². The molecule has 29 heavy (non-hydrogen) atoms. The number of amides is 1. The molecule has 8 nitrogen and oxygen atoms in total. The van der Waals surface area contributed by atoms with Gasteiger partial charge in [-0.15, -0.1) is 0 Å². The molecule has 2 aromatic heterocycles. The van der Waals surface area contributed by atoms with Gasteiger partial charge in [0.1, 0.15) is 16.9 Å². The van der Waals surface area contributed by atoms with E-state index in [1.54, 1.807) is 42.3 Å². The van der Waals surface area contributed by atoms with E-state index >= 15 is 0 Å². The van der Waals surface area contributed by atoms with Gasteiger partial charge in [-0.05, 0) is 36.4 Å². The fraction of sp³-hybridized carbons (Fsp3) is 0.143. The quantitative estimate of drug-likeness (QED) is 0.558. The number of ether oxygens (including phenoxy) is 2. The molecule has 0 saturated carbocycles. The van der Waals surface area contributed by atoms with Crippen LogP contribution in [-0.2, 0) is 11.8 Å². The summed E-state index contributed by atoms with van der Waals surface area (Å²) in [6.45, 7) is 1.46. The van der Waals surface area contributed by atoms with E-state index in [0.717, 1.165) is 5.56 Å². The number of rotatable bonds is 5. The fourth-order valence-electron chi connectivity index (χ4n) is 2.89. The highest BCUT2D eigenvalue weighted by atomic mass is 16.5. The molecule has 4 rings (SSSR count). The molecule has 0 radical (unpaired) electrons. The van der Waals surface area contributed by atoms with Gasteiger partial charge in [-0.25, -0.2) is 4.98 Å². The van der Waals surface area contributed by atoms with Gasteiger partial charge in [0.05, 0.1) is 13.3 Å². The number of anilines is 1. The maximum Gasteiger partial charge on any atom is 0.234 e. The molecule has 0 saturated heterocycles. The van der Waals surface area contributed by atoms with Crippen molar-refractivity contribution in [3.05, 3.63) is 54.7 Å². The number of carbonyl (C=O) groups is 1. The summed E-state index contributed by atoms with van der Waals surface area (Å²) in [5, 5.41) is 7.70. The molecule has 1 amide bonds. The average Bonchev–Trinajstić information content (AvgIpc) is 3.10. The first-order valence-corrected chi connectivity index (χ1v) is 8.93. The molecule has 0 atom stereocenters. The van der Waals surface area contributed by atoms with Crippen LogP contribution in [0, 0.1) is 0 Å². The molecule has 8 heteroatoms. The average molecular weight is 389 g/mol. The van der Waals surface area contributed by atoms with E-state index in [1.807, 2.05) is 31.3 Å². The van der Waals surface area contributed by atoms with Crippen LogP contribution in [0.4, 0.5) is 5.69 Å². The number of hydrogen-bond acceptors (Lipinski definition) is 6. The Morgan fingerprint density at radius 3 is 2.59 bits per heavy atom. The molecule has 0 bridgehead atoms. The molecule has 1 N–H and O–H groups in total. The Kier molecular flexibility index (Phi) is 4.82. The van der Waals surface area contributed by atoms with Gasteiger partial charge < -0.3 is 14.8 Å². The van der Waals surface area contributed by atoms with Crippen molar-refractivity contribution >= 4 is 22.6 Å². The lowest BCUT2D eigenvalue weighted by molar-refractivity contribution is -0.114. The lowest BCUT2D eigenvalue weighted by atomic mass is 10.2. The number of aryl methyl sites for hydroxylation is 1. The fourth-order valence-corrected chi connectivity index (χ4v) is 2.89. The molecule has 146 valence electrons. The Balaban J connectivity index is 1.74. The van der Waals surface area contributed by atoms with E-state index in [2.05, 4.69) is 20.4 Å². The Morgan fingerprint density at radius 1 is 1.07 bits per heavy atom.